The Labute approximate surface area is 123 Å². The quantitative estimate of drug-likeness (QED) is 0.616. The lowest BCUT2D eigenvalue weighted by molar-refractivity contribution is 0.340. The van der Waals surface area contributed by atoms with Crippen molar-refractivity contribution in [2.45, 2.75) is 6.42 Å². The lowest BCUT2D eigenvalue weighted by Gasteiger charge is -2.08. The Balaban J connectivity index is 1.69. The number of anilines is 1. The standard InChI is InChI=1S/C13H18N4O3S/c14-11-1-3-13(4-2-11)20-7-8-21(18,19)17-6-5-12-9-15-10-16-12/h1-4,9-10,17H,5-8,14H2,(H,15,16). The Morgan fingerprint density at radius 2 is 2.05 bits per heavy atom. The molecule has 1 aromatic carbocycles. The second kappa shape index (κ2) is 7.09. The van der Waals surface area contributed by atoms with E-state index in [0.717, 1.165) is 5.69 Å². The first-order chi connectivity index (χ1) is 10.1. The molecular weight excluding hydrogens is 292 g/mol. The zero-order chi connectivity index (χ0) is 15.1. The maximum absolute atomic E-state index is 11.8. The van der Waals surface area contributed by atoms with Crippen molar-refractivity contribution in [2.24, 2.45) is 0 Å². The molecule has 21 heavy (non-hydrogen) atoms. The van der Waals surface area contributed by atoms with Crippen molar-refractivity contribution >= 4 is 15.7 Å². The topological polar surface area (TPSA) is 110 Å². The van der Waals surface area contributed by atoms with Crippen LogP contribution in [0.5, 0.6) is 5.75 Å². The van der Waals surface area contributed by atoms with Gasteiger partial charge in [-0.2, -0.15) is 0 Å². The molecule has 7 nitrogen and oxygen atoms in total. The third kappa shape index (κ3) is 5.44. The summed E-state index contributed by atoms with van der Waals surface area (Å²) < 4.78 is 31.4. The molecule has 0 saturated carbocycles. The predicted molar refractivity (Wildman–Crippen MR) is 80.4 cm³/mol. The number of aromatic amines is 1. The molecule has 0 aliphatic carbocycles. The first-order valence-corrected chi connectivity index (χ1v) is 8.13. The normalized spacial score (nSPS) is 11.4. The number of H-pyrrole nitrogens is 1. The van der Waals surface area contributed by atoms with Gasteiger partial charge in [0.25, 0.3) is 0 Å². The Morgan fingerprint density at radius 3 is 2.71 bits per heavy atom. The van der Waals surface area contributed by atoms with Crippen LogP contribution in [0.3, 0.4) is 0 Å². The van der Waals surface area contributed by atoms with Crippen molar-refractivity contribution in [1.29, 1.82) is 0 Å². The molecule has 1 aromatic heterocycles. The summed E-state index contributed by atoms with van der Waals surface area (Å²) >= 11 is 0. The summed E-state index contributed by atoms with van der Waals surface area (Å²) in [5, 5.41) is 0. The van der Waals surface area contributed by atoms with Crippen LogP contribution in [0.4, 0.5) is 5.69 Å². The number of sulfonamides is 1. The summed E-state index contributed by atoms with van der Waals surface area (Å²) in [5.41, 5.74) is 7.07. The summed E-state index contributed by atoms with van der Waals surface area (Å²) in [6.07, 6.45) is 3.79. The fourth-order valence-corrected chi connectivity index (χ4v) is 2.53. The fourth-order valence-electron chi connectivity index (χ4n) is 1.67. The lowest BCUT2D eigenvalue weighted by Crippen LogP contribution is -2.30. The molecule has 0 saturated heterocycles. The number of imidazole rings is 1. The van der Waals surface area contributed by atoms with Crippen LogP contribution in [0.2, 0.25) is 0 Å². The highest BCUT2D eigenvalue weighted by Crippen LogP contribution is 2.12. The third-order valence-corrected chi connectivity index (χ3v) is 4.12. The molecule has 8 heteroatoms. The minimum Gasteiger partial charge on any atom is -0.492 e. The monoisotopic (exact) mass is 310 g/mol. The van der Waals surface area contributed by atoms with Gasteiger partial charge in [-0.25, -0.2) is 18.1 Å². The van der Waals surface area contributed by atoms with Crippen molar-refractivity contribution in [2.75, 3.05) is 24.6 Å². The molecule has 0 unspecified atom stereocenters. The zero-order valence-electron chi connectivity index (χ0n) is 11.5. The summed E-state index contributed by atoms with van der Waals surface area (Å²) in [6, 6.07) is 6.81. The second-order valence-electron chi connectivity index (χ2n) is 4.46. The molecule has 0 spiro atoms. The van der Waals surface area contributed by atoms with E-state index < -0.39 is 10.0 Å². The van der Waals surface area contributed by atoms with Crippen LogP contribution >= 0.6 is 0 Å². The Bertz CT molecular complexity index is 639. The van der Waals surface area contributed by atoms with Gasteiger partial charge in [0.15, 0.2) is 0 Å². The van der Waals surface area contributed by atoms with Crippen molar-refractivity contribution in [3.05, 3.63) is 42.5 Å². The molecule has 0 bridgehead atoms. The van der Waals surface area contributed by atoms with Gasteiger partial charge >= 0.3 is 0 Å². The van der Waals surface area contributed by atoms with Crippen LogP contribution in [0, 0.1) is 0 Å². The molecule has 2 rings (SSSR count). The fraction of sp³-hybridized carbons (Fsp3) is 0.308. The zero-order valence-corrected chi connectivity index (χ0v) is 12.3. The molecule has 1 heterocycles. The number of ether oxygens (including phenoxy) is 1. The van der Waals surface area contributed by atoms with E-state index >= 15 is 0 Å². The SMILES string of the molecule is Nc1ccc(OCCS(=O)(=O)NCCc2cnc[nH]2)cc1. The largest absolute Gasteiger partial charge is 0.492 e. The van der Waals surface area contributed by atoms with E-state index in [1.54, 1.807) is 36.8 Å². The minimum absolute atomic E-state index is 0.0866. The average molecular weight is 310 g/mol. The number of hydrogen-bond donors (Lipinski definition) is 3. The van der Waals surface area contributed by atoms with Crippen molar-refractivity contribution in [1.82, 2.24) is 14.7 Å². The van der Waals surface area contributed by atoms with E-state index in [-0.39, 0.29) is 12.4 Å². The summed E-state index contributed by atoms with van der Waals surface area (Å²) in [5.74, 6) is 0.497. The smallest absolute Gasteiger partial charge is 0.214 e. The maximum Gasteiger partial charge on any atom is 0.214 e. The third-order valence-electron chi connectivity index (χ3n) is 2.77. The van der Waals surface area contributed by atoms with Crippen LogP contribution < -0.4 is 15.2 Å². The number of nitrogens with two attached hydrogens (primary N) is 1. The number of benzene rings is 1. The van der Waals surface area contributed by atoms with Gasteiger partial charge in [-0.3, -0.25) is 0 Å². The molecule has 0 aliphatic rings. The van der Waals surface area contributed by atoms with Gasteiger partial charge in [-0.1, -0.05) is 0 Å². The first kappa shape index (κ1) is 15.3. The molecule has 114 valence electrons. The Morgan fingerprint density at radius 1 is 1.29 bits per heavy atom. The van der Waals surface area contributed by atoms with Crippen LogP contribution in [-0.4, -0.2) is 37.3 Å². The highest BCUT2D eigenvalue weighted by molar-refractivity contribution is 7.89. The van der Waals surface area contributed by atoms with E-state index in [4.69, 9.17) is 10.5 Å². The number of hydrogen-bond acceptors (Lipinski definition) is 5. The molecule has 0 fully saturated rings. The lowest BCUT2D eigenvalue weighted by atomic mass is 10.3. The van der Waals surface area contributed by atoms with Gasteiger partial charge in [0, 0.05) is 30.5 Å². The van der Waals surface area contributed by atoms with E-state index in [1.807, 2.05) is 0 Å². The maximum atomic E-state index is 11.8. The van der Waals surface area contributed by atoms with Gasteiger partial charge in [-0.05, 0) is 24.3 Å². The van der Waals surface area contributed by atoms with Gasteiger partial charge in [0.1, 0.15) is 12.4 Å². The Kier molecular flexibility index (Phi) is 5.18. The summed E-state index contributed by atoms with van der Waals surface area (Å²) in [4.78, 5) is 6.78. The molecule has 0 aliphatic heterocycles. The summed E-state index contributed by atoms with van der Waals surface area (Å²) in [6.45, 7) is 0.412. The average Bonchev–Trinajstić information content (AvgIpc) is 2.94. The van der Waals surface area contributed by atoms with E-state index in [9.17, 15) is 8.42 Å². The molecule has 0 atom stereocenters. The van der Waals surface area contributed by atoms with Crippen molar-refractivity contribution in [3.8, 4) is 5.75 Å². The Hall–Kier alpha value is -2.06. The highest BCUT2D eigenvalue weighted by atomic mass is 32.2. The molecule has 0 radical (unpaired) electrons. The molecule has 0 amide bonds. The van der Waals surface area contributed by atoms with E-state index in [2.05, 4.69) is 14.7 Å². The van der Waals surface area contributed by atoms with E-state index in [0.29, 0.717) is 24.4 Å². The number of rotatable bonds is 8. The molecular formula is C13H18N4O3S. The minimum atomic E-state index is -3.35. The number of nitrogen functional groups attached to an aromatic ring is 1. The number of nitrogens with zero attached hydrogens (tertiary/aromatic N) is 1. The van der Waals surface area contributed by atoms with Crippen molar-refractivity contribution < 1.29 is 13.2 Å². The van der Waals surface area contributed by atoms with Crippen LogP contribution in [0.1, 0.15) is 5.69 Å². The number of nitrogens with one attached hydrogen (secondary N) is 2. The second-order valence-corrected chi connectivity index (χ2v) is 6.38. The number of aromatic nitrogens is 2. The predicted octanol–water partition coefficient (Wildman–Crippen LogP) is 0.533. The van der Waals surface area contributed by atoms with Crippen molar-refractivity contribution in [3.63, 3.8) is 0 Å². The summed E-state index contributed by atoms with van der Waals surface area (Å²) in [7, 11) is -3.35. The van der Waals surface area contributed by atoms with Gasteiger partial charge in [0.05, 0.1) is 12.1 Å². The van der Waals surface area contributed by atoms with E-state index in [1.165, 1.54) is 0 Å². The molecule has 2 aromatic rings. The van der Waals surface area contributed by atoms with Gasteiger partial charge < -0.3 is 15.5 Å². The highest BCUT2D eigenvalue weighted by Gasteiger charge is 2.10. The van der Waals surface area contributed by atoms with Crippen LogP contribution in [0.15, 0.2) is 36.8 Å². The first-order valence-electron chi connectivity index (χ1n) is 6.48. The van der Waals surface area contributed by atoms with Crippen LogP contribution in [0.25, 0.3) is 0 Å². The van der Waals surface area contributed by atoms with Gasteiger partial charge in [0.2, 0.25) is 10.0 Å². The molecule has 4 N–H and O–H groups in total. The van der Waals surface area contributed by atoms with Crippen LogP contribution in [-0.2, 0) is 16.4 Å². The van der Waals surface area contributed by atoms with Gasteiger partial charge in [-0.15, -0.1) is 0 Å².